The van der Waals surface area contributed by atoms with Crippen molar-refractivity contribution < 1.29 is 34.1 Å². The van der Waals surface area contributed by atoms with Gasteiger partial charge in [-0.15, -0.1) is 0 Å². The molecule has 5 rings (SSSR count). The minimum atomic E-state index is -1.49. The number of hydrogen-bond donors (Lipinski definition) is 4. The summed E-state index contributed by atoms with van der Waals surface area (Å²) >= 11 is 0. The molecule has 3 aromatic carbocycles. The second-order valence-corrected chi connectivity index (χ2v) is 9.01. The maximum absolute atomic E-state index is 13.5. The van der Waals surface area contributed by atoms with Crippen LogP contribution in [0.2, 0.25) is 0 Å². The molecule has 1 aliphatic rings. The van der Waals surface area contributed by atoms with Crippen LogP contribution in [-0.4, -0.2) is 52.6 Å². The number of carboxylic acid groups (broad SMARTS) is 2. The highest BCUT2D eigenvalue weighted by atomic mass is 16.5. The number of rotatable bonds is 9. The summed E-state index contributed by atoms with van der Waals surface area (Å²) in [7, 11) is 0. The van der Waals surface area contributed by atoms with Gasteiger partial charge in [0.05, 0.1) is 5.52 Å². The number of aliphatic carboxylic acids is 2. The summed E-state index contributed by atoms with van der Waals surface area (Å²) in [5.41, 5.74) is 2.09. The van der Waals surface area contributed by atoms with E-state index in [1.807, 2.05) is 30.3 Å². The molecule has 1 atom stereocenters. The Morgan fingerprint density at radius 3 is 2.35 bits per heavy atom. The number of para-hydroxylation sites is 3. The third-order valence-corrected chi connectivity index (χ3v) is 6.59. The molecule has 4 aromatic rings. The molecule has 9 nitrogen and oxygen atoms in total. The lowest BCUT2D eigenvalue weighted by molar-refractivity contribution is -0.145. The van der Waals surface area contributed by atoms with Gasteiger partial charge >= 0.3 is 11.9 Å². The average Bonchev–Trinajstić information content (AvgIpc) is 3.29. The third kappa shape index (κ3) is 4.99. The van der Waals surface area contributed by atoms with Crippen LogP contribution < -0.4 is 14.8 Å². The number of aromatic amines is 1. The van der Waals surface area contributed by atoms with Crippen molar-refractivity contribution in [3.63, 3.8) is 0 Å². The molecule has 1 aliphatic heterocycles. The van der Waals surface area contributed by atoms with E-state index in [4.69, 9.17) is 14.6 Å². The first-order chi connectivity index (χ1) is 17.9. The average molecular weight is 503 g/mol. The van der Waals surface area contributed by atoms with Gasteiger partial charge in [-0.3, -0.25) is 4.79 Å². The molecule has 0 aliphatic carbocycles. The Kier molecular flexibility index (Phi) is 6.78. The molecule has 0 amide bonds. The van der Waals surface area contributed by atoms with Gasteiger partial charge in [0.25, 0.3) is 0 Å². The van der Waals surface area contributed by atoms with Crippen molar-refractivity contribution in [1.29, 1.82) is 0 Å². The van der Waals surface area contributed by atoms with E-state index in [2.05, 4.69) is 10.3 Å². The van der Waals surface area contributed by atoms with E-state index in [1.54, 1.807) is 18.2 Å². The van der Waals surface area contributed by atoms with E-state index < -0.39 is 24.6 Å². The van der Waals surface area contributed by atoms with Gasteiger partial charge in [0.1, 0.15) is 0 Å². The molecule has 0 radical (unpaired) electrons. The predicted octanol–water partition coefficient (Wildman–Crippen LogP) is 4.17. The zero-order valence-electron chi connectivity index (χ0n) is 19.9. The fourth-order valence-electron chi connectivity index (χ4n) is 4.83. The van der Waals surface area contributed by atoms with Gasteiger partial charge in [-0.1, -0.05) is 30.3 Å². The van der Waals surface area contributed by atoms with Crippen molar-refractivity contribution >= 4 is 39.5 Å². The molecule has 0 spiro atoms. The number of hydrogen-bond acceptors (Lipinski definition) is 6. The number of ketones is 1. The quantitative estimate of drug-likeness (QED) is 0.250. The highest BCUT2D eigenvalue weighted by molar-refractivity contribution is 6.12. The summed E-state index contributed by atoms with van der Waals surface area (Å²) in [6, 6.07) is 17.3. The van der Waals surface area contributed by atoms with Crippen molar-refractivity contribution in [2.45, 2.75) is 18.9 Å². The molecule has 37 heavy (non-hydrogen) atoms. The first-order valence-electron chi connectivity index (χ1n) is 12.0. The Labute approximate surface area is 212 Å². The lowest BCUT2D eigenvalue weighted by Gasteiger charge is -2.23. The number of carbonyl (C=O) groups is 3. The zero-order chi connectivity index (χ0) is 25.9. The van der Waals surface area contributed by atoms with Crippen LogP contribution in [-0.2, 0) is 9.59 Å². The van der Waals surface area contributed by atoms with Gasteiger partial charge in [-0.25, -0.2) is 9.59 Å². The number of carboxylic acids is 2. The van der Waals surface area contributed by atoms with Crippen LogP contribution >= 0.6 is 0 Å². The molecular weight excluding hydrogens is 476 g/mol. The van der Waals surface area contributed by atoms with Crippen molar-refractivity contribution in [1.82, 2.24) is 10.3 Å². The van der Waals surface area contributed by atoms with Gasteiger partial charge in [0.15, 0.2) is 23.9 Å². The van der Waals surface area contributed by atoms with E-state index in [0.29, 0.717) is 29.5 Å². The van der Waals surface area contributed by atoms with Gasteiger partial charge in [-0.05, 0) is 56.3 Å². The highest BCUT2D eigenvalue weighted by Gasteiger charge is 2.30. The smallest absolute Gasteiger partial charge is 0.349 e. The molecule has 0 bridgehead atoms. The monoisotopic (exact) mass is 502 g/mol. The largest absolute Gasteiger partial charge is 0.479 e. The first kappa shape index (κ1) is 24.3. The van der Waals surface area contributed by atoms with Crippen LogP contribution in [0.15, 0.2) is 60.7 Å². The molecule has 1 saturated heterocycles. The molecule has 1 fully saturated rings. The third-order valence-electron chi connectivity index (χ3n) is 6.59. The number of piperidine rings is 1. The van der Waals surface area contributed by atoms with Gasteiger partial charge < -0.3 is 30.0 Å². The molecule has 4 N–H and O–H groups in total. The SMILES string of the molecule is O=C(O)COc1ccccc1OC(C(=O)O)c1cc(C(=O)C2CCNCC2)cc2c1[nH]c1ccccc12. The summed E-state index contributed by atoms with van der Waals surface area (Å²) in [6.07, 6.45) is -0.0635. The Bertz CT molecular complexity index is 1490. The van der Waals surface area contributed by atoms with Crippen molar-refractivity contribution in [2.24, 2.45) is 5.92 Å². The standard InChI is InChI=1S/C28H26N2O7/c31-24(32)15-36-22-7-3-4-8-23(22)37-27(28(34)35)20-14-17(26(33)16-9-11-29-12-10-16)13-19-18-5-1-2-6-21(18)30-25(19)20/h1-8,13-14,16,27,29-30H,9-12,15H2,(H,31,32)(H,34,35). The summed E-state index contributed by atoms with van der Waals surface area (Å²) < 4.78 is 11.3. The summed E-state index contributed by atoms with van der Waals surface area (Å²) in [5.74, 6) is -2.43. The summed E-state index contributed by atoms with van der Waals surface area (Å²) in [5, 5.41) is 24.1. The molecule has 190 valence electrons. The number of ether oxygens (including phenoxy) is 2. The Morgan fingerprint density at radius 1 is 0.919 bits per heavy atom. The van der Waals surface area contributed by atoms with Crippen LogP contribution in [0.25, 0.3) is 21.8 Å². The maximum Gasteiger partial charge on any atom is 0.349 e. The number of fused-ring (bicyclic) bond motifs is 3. The molecular formula is C28H26N2O7. The van der Waals surface area contributed by atoms with E-state index in [0.717, 1.165) is 29.4 Å². The normalized spacial score (nSPS) is 14.9. The summed E-state index contributed by atoms with van der Waals surface area (Å²) in [4.78, 5) is 40.4. The Balaban J connectivity index is 1.63. The molecule has 0 saturated carbocycles. The first-order valence-corrected chi connectivity index (χ1v) is 12.0. The number of aromatic nitrogens is 1. The van der Waals surface area contributed by atoms with E-state index >= 15 is 0 Å². The minimum Gasteiger partial charge on any atom is -0.479 e. The molecule has 1 unspecified atom stereocenters. The molecule has 1 aromatic heterocycles. The summed E-state index contributed by atoms with van der Waals surface area (Å²) in [6.45, 7) is 0.907. The van der Waals surface area contributed by atoms with Crippen LogP contribution in [0.1, 0.15) is 34.9 Å². The second kappa shape index (κ2) is 10.3. The number of nitrogens with one attached hydrogen (secondary N) is 2. The van der Waals surface area contributed by atoms with E-state index in [-0.39, 0.29) is 23.2 Å². The highest BCUT2D eigenvalue weighted by Crippen LogP contribution is 2.37. The van der Waals surface area contributed by atoms with Crippen LogP contribution in [0.4, 0.5) is 0 Å². The van der Waals surface area contributed by atoms with Crippen LogP contribution in [0.3, 0.4) is 0 Å². The fraction of sp³-hybridized carbons (Fsp3) is 0.250. The molecule has 9 heteroatoms. The predicted molar refractivity (Wildman–Crippen MR) is 136 cm³/mol. The minimum absolute atomic E-state index is 0.0238. The fourth-order valence-corrected chi connectivity index (χ4v) is 4.83. The van der Waals surface area contributed by atoms with Crippen LogP contribution in [0.5, 0.6) is 11.5 Å². The van der Waals surface area contributed by atoms with Crippen LogP contribution in [0, 0.1) is 5.92 Å². The van der Waals surface area contributed by atoms with Crippen molar-refractivity contribution in [3.05, 3.63) is 71.8 Å². The topological polar surface area (TPSA) is 138 Å². The van der Waals surface area contributed by atoms with Gasteiger partial charge in [-0.2, -0.15) is 0 Å². The van der Waals surface area contributed by atoms with Gasteiger partial charge in [0, 0.05) is 33.3 Å². The maximum atomic E-state index is 13.5. The van der Waals surface area contributed by atoms with E-state index in [9.17, 15) is 19.5 Å². The zero-order valence-corrected chi connectivity index (χ0v) is 19.9. The van der Waals surface area contributed by atoms with E-state index in [1.165, 1.54) is 12.1 Å². The number of H-pyrrole nitrogens is 1. The Morgan fingerprint density at radius 2 is 1.62 bits per heavy atom. The van der Waals surface area contributed by atoms with Gasteiger partial charge in [0.2, 0.25) is 6.10 Å². The number of Topliss-reactive ketones (excluding diaryl/α,β-unsaturated/α-hetero) is 1. The lowest BCUT2D eigenvalue weighted by Crippen LogP contribution is -2.32. The molecule has 2 heterocycles. The van der Waals surface area contributed by atoms with Crippen molar-refractivity contribution in [3.8, 4) is 11.5 Å². The van der Waals surface area contributed by atoms with Crippen molar-refractivity contribution in [2.75, 3.05) is 19.7 Å². The number of benzene rings is 3. The number of carbonyl (C=O) groups excluding carboxylic acids is 1. The second-order valence-electron chi connectivity index (χ2n) is 9.01. The lowest BCUT2D eigenvalue weighted by atomic mass is 9.88. The Hall–Kier alpha value is -4.37.